The molecule has 0 unspecified atom stereocenters. The molecule has 1 aliphatic heterocycles. The van der Waals surface area contributed by atoms with E-state index in [4.69, 9.17) is 4.74 Å². The van der Waals surface area contributed by atoms with Crippen molar-refractivity contribution in [3.05, 3.63) is 110 Å². The predicted molar refractivity (Wildman–Crippen MR) is 130 cm³/mol. The van der Waals surface area contributed by atoms with Gasteiger partial charge in [-0.2, -0.15) is 5.10 Å². The maximum absolute atomic E-state index is 6.06. The molecule has 6 heteroatoms. The minimum Gasteiger partial charge on any atom is -0.439 e. The van der Waals surface area contributed by atoms with Crippen LogP contribution in [-0.2, 0) is 0 Å². The largest absolute Gasteiger partial charge is 0.439 e. The minimum absolute atomic E-state index is 0.102. The first-order valence-corrected chi connectivity index (χ1v) is 11.3. The lowest BCUT2D eigenvalue weighted by Gasteiger charge is -2.26. The molecule has 4 nitrogen and oxygen atoms in total. The Hall–Kier alpha value is -3.77. The van der Waals surface area contributed by atoms with Gasteiger partial charge in [-0.1, -0.05) is 64.5 Å². The Kier molecular flexibility index (Phi) is 4.77. The number of hydrogen-bond acceptors (Lipinski definition) is 4. The number of benzene rings is 3. The first kappa shape index (κ1) is 19.0. The summed E-state index contributed by atoms with van der Waals surface area (Å²) in [5, 5.41) is 4.41. The van der Waals surface area contributed by atoms with Crippen LogP contribution in [0.25, 0.3) is 5.69 Å². The number of nitrogens with zero attached hydrogens (tertiary/aromatic N) is 3. The van der Waals surface area contributed by atoms with E-state index in [0.29, 0.717) is 5.88 Å². The van der Waals surface area contributed by atoms with Crippen molar-refractivity contribution in [1.29, 1.82) is 0 Å². The van der Waals surface area contributed by atoms with Crippen molar-refractivity contribution in [2.24, 2.45) is 0 Å². The van der Waals surface area contributed by atoms with E-state index in [-0.39, 0.29) is 6.71 Å². The van der Waals surface area contributed by atoms with Crippen LogP contribution in [-0.4, -0.2) is 21.5 Å². The highest BCUT2D eigenvalue weighted by Crippen LogP contribution is 2.32. The van der Waals surface area contributed by atoms with Crippen LogP contribution < -0.4 is 21.1 Å². The van der Waals surface area contributed by atoms with E-state index in [9.17, 15) is 0 Å². The molecule has 0 saturated heterocycles. The van der Waals surface area contributed by atoms with Crippen LogP contribution >= 0.6 is 11.8 Å². The quantitative estimate of drug-likeness (QED) is 0.395. The summed E-state index contributed by atoms with van der Waals surface area (Å²) < 4.78 is 7.96. The molecule has 0 N–H and O–H groups in total. The van der Waals surface area contributed by atoms with Gasteiger partial charge in [0, 0.05) is 34.4 Å². The number of pyridine rings is 1. The van der Waals surface area contributed by atoms with Crippen LogP contribution in [0.2, 0.25) is 0 Å². The SMILES string of the molecule is c1ccc(Oc2ccc3c(c2)B(c2cccc(-n4cccn4)c2)c2ccccc2S3)nc1. The second-order valence-electron chi connectivity index (χ2n) is 7.59. The summed E-state index contributed by atoms with van der Waals surface area (Å²) in [6.07, 6.45) is 5.51. The highest BCUT2D eigenvalue weighted by Gasteiger charge is 2.31. The fraction of sp³-hybridized carbons (Fsp3) is 0. The molecule has 0 radical (unpaired) electrons. The molecule has 0 aliphatic carbocycles. The summed E-state index contributed by atoms with van der Waals surface area (Å²) in [5.74, 6) is 1.38. The van der Waals surface area contributed by atoms with Gasteiger partial charge in [-0.3, -0.25) is 0 Å². The summed E-state index contributed by atoms with van der Waals surface area (Å²) in [6, 6.07) is 31.2. The van der Waals surface area contributed by atoms with E-state index in [1.54, 1.807) is 12.4 Å². The van der Waals surface area contributed by atoms with Crippen LogP contribution in [0.1, 0.15) is 0 Å². The monoisotopic (exact) mass is 431 g/mol. The molecule has 0 fully saturated rings. The molecule has 2 aromatic heterocycles. The van der Waals surface area contributed by atoms with Crippen molar-refractivity contribution < 1.29 is 4.74 Å². The fourth-order valence-corrected chi connectivity index (χ4v) is 5.28. The summed E-state index contributed by atoms with van der Waals surface area (Å²) in [6.45, 7) is 0.102. The van der Waals surface area contributed by atoms with Gasteiger partial charge in [-0.25, -0.2) is 9.67 Å². The molecule has 0 saturated carbocycles. The molecule has 0 bridgehead atoms. The minimum atomic E-state index is 0.102. The van der Waals surface area contributed by atoms with Crippen molar-refractivity contribution in [3.63, 3.8) is 0 Å². The Bertz CT molecular complexity index is 1390. The molecule has 0 spiro atoms. The molecule has 0 atom stereocenters. The number of aromatic nitrogens is 3. The van der Waals surface area contributed by atoms with Gasteiger partial charge in [-0.15, -0.1) is 0 Å². The topological polar surface area (TPSA) is 39.9 Å². The predicted octanol–water partition coefficient (Wildman–Crippen LogP) is 4.04. The maximum Gasteiger partial charge on any atom is 0.244 e. The summed E-state index contributed by atoms with van der Waals surface area (Å²) in [7, 11) is 0. The highest BCUT2D eigenvalue weighted by atomic mass is 32.2. The van der Waals surface area contributed by atoms with Crippen molar-refractivity contribution in [3.8, 4) is 17.3 Å². The first-order valence-electron chi connectivity index (χ1n) is 10.4. The second-order valence-corrected chi connectivity index (χ2v) is 8.67. The lowest BCUT2D eigenvalue weighted by atomic mass is 9.36. The Morgan fingerprint density at radius 2 is 1.66 bits per heavy atom. The van der Waals surface area contributed by atoms with Crippen molar-refractivity contribution in [2.45, 2.75) is 9.79 Å². The van der Waals surface area contributed by atoms with Crippen LogP contribution in [0.15, 0.2) is 119 Å². The standard InChI is InChI=1S/C26H18BN3OS/c1-2-10-24-22(9-1)27(19-7-5-8-20(17-19)30-16-6-15-29-30)23-18-21(12-13-25(23)32-24)31-26-11-3-4-14-28-26/h1-18H. The highest BCUT2D eigenvalue weighted by molar-refractivity contribution is 8.00. The Morgan fingerprint density at radius 1 is 0.750 bits per heavy atom. The van der Waals surface area contributed by atoms with Crippen LogP contribution in [0, 0.1) is 0 Å². The average molecular weight is 431 g/mol. The van der Waals surface area contributed by atoms with Gasteiger partial charge in [0.2, 0.25) is 12.6 Å². The molecule has 3 aromatic carbocycles. The van der Waals surface area contributed by atoms with E-state index in [0.717, 1.165) is 11.4 Å². The summed E-state index contributed by atoms with van der Waals surface area (Å²) in [4.78, 5) is 6.83. The van der Waals surface area contributed by atoms with Gasteiger partial charge in [0.25, 0.3) is 0 Å². The summed E-state index contributed by atoms with van der Waals surface area (Å²) in [5.41, 5.74) is 4.81. The van der Waals surface area contributed by atoms with Gasteiger partial charge < -0.3 is 4.74 Å². The van der Waals surface area contributed by atoms with Crippen molar-refractivity contribution in [1.82, 2.24) is 14.8 Å². The third kappa shape index (κ3) is 3.49. The Morgan fingerprint density at radius 3 is 2.53 bits per heavy atom. The van der Waals surface area contributed by atoms with Gasteiger partial charge in [0.15, 0.2) is 0 Å². The number of hydrogen-bond donors (Lipinski definition) is 0. The molecule has 32 heavy (non-hydrogen) atoms. The average Bonchev–Trinajstić information content (AvgIpc) is 3.39. The zero-order valence-corrected chi connectivity index (χ0v) is 17.9. The van der Waals surface area contributed by atoms with Crippen molar-refractivity contribution in [2.75, 3.05) is 0 Å². The molecule has 0 amide bonds. The Balaban J connectivity index is 1.48. The maximum atomic E-state index is 6.06. The third-order valence-electron chi connectivity index (χ3n) is 5.57. The number of fused-ring (bicyclic) bond motifs is 2. The Labute approximate surface area is 191 Å². The molecule has 5 aromatic rings. The number of ether oxygens (including phenoxy) is 1. The van der Waals surface area contributed by atoms with Crippen LogP contribution in [0.4, 0.5) is 0 Å². The van der Waals surface area contributed by atoms with Crippen molar-refractivity contribution >= 4 is 34.9 Å². The normalized spacial score (nSPS) is 12.2. The number of rotatable bonds is 4. The van der Waals surface area contributed by atoms with E-state index in [1.807, 2.05) is 53.0 Å². The fourth-order valence-electron chi connectivity index (χ4n) is 4.16. The lowest BCUT2D eigenvalue weighted by Crippen LogP contribution is -2.55. The zero-order valence-electron chi connectivity index (χ0n) is 17.1. The van der Waals surface area contributed by atoms with Crippen LogP contribution in [0.3, 0.4) is 0 Å². The van der Waals surface area contributed by atoms with E-state index < -0.39 is 0 Å². The molecule has 152 valence electrons. The molecule has 6 rings (SSSR count). The van der Waals surface area contributed by atoms with E-state index in [1.165, 1.54) is 26.2 Å². The lowest BCUT2D eigenvalue weighted by molar-refractivity contribution is 0.463. The van der Waals surface area contributed by atoms with Crippen LogP contribution in [0.5, 0.6) is 11.6 Å². The first-order chi connectivity index (χ1) is 15.8. The van der Waals surface area contributed by atoms with Gasteiger partial charge in [-0.05, 0) is 48.5 Å². The smallest absolute Gasteiger partial charge is 0.244 e. The van der Waals surface area contributed by atoms with Gasteiger partial charge in [0.05, 0.1) is 5.69 Å². The van der Waals surface area contributed by atoms with Gasteiger partial charge in [0.1, 0.15) is 5.75 Å². The molecule has 3 heterocycles. The summed E-state index contributed by atoms with van der Waals surface area (Å²) >= 11 is 1.81. The molecular formula is C26H18BN3OS. The molecule has 1 aliphatic rings. The second kappa shape index (κ2) is 8.06. The van der Waals surface area contributed by atoms with E-state index in [2.05, 4.69) is 70.7 Å². The molecular weight excluding hydrogens is 413 g/mol. The zero-order chi connectivity index (χ0) is 21.3. The van der Waals surface area contributed by atoms with Gasteiger partial charge >= 0.3 is 0 Å². The third-order valence-corrected chi connectivity index (χ3v) is 6.76. The van der Waals surface area contributed by atoms with E-state index >= 15 is 0 Å².